The number of anilines is 3. The molecule has 0 aromatic carbocycles. The number of ether oxygens (including phenoxy) is 1. The molecular formula is C20H22F3N9O2. The van der Waals surface area contributed by atoms with Crippen LogP contribution in [0.1, 0.15) is 5.69 Å². The number of rotatable bonds is 6. The molecule has 3 N–H and O–H groups in total. The fourth-order valence-corrected chi connectivity index (χ4v) is 3.40. The Balaban J connectivity index is 1.32. The van der Waals surface area contributed by atoms with Crippen LogP contribution in [0.4, 0.5) is 35.4 Å². The summed E-state index contributed by atoms with van der Waals surface area (Å²) in [6.45, 7) is 0.738. The van der Waals surface area contributed by atoms with Gasteiger partial charge in [0, 0.05) is 44.8 Å². The van der Waals surface area contributed by atoms with Crippen molar-refractivity contribution in [3.05, 3.63) is 48.7 Å². The zero-order valence-corrected chi connectivity index (χ0v) is 17.9. The molecule has 1 aliphatic rings. The SMILES string of the molecule is Nc1nccc(COc2cccnc2N2CCN(C(=O)Nc3cnn(CC(F)(F)F)c3)CC2)n1. The molecule has 3 aromatic heterocycles. The summed E-state index contributed by atoms with van der Waals surface area (Å²) < 4.78 is 44.0. The summed E-state index contributed by atoms with van der Waals surface area (Å²) in [6, 6.07) is 4.85. The molecule has 0 atom stereocenters. The molecule has 34 heavy (non-hydrogen) atoms. The van der Waals surface area contributed by atoms with E-state index in [-0.39, 0.29) is 18.2 Å². The van der Waals surface area contributed by atoms with Crippen LogP contribution in [0.3, 0.4) is 0 Å². The highest BCUT2D eigenvalue weighted by molar-refractivity contribution is 5.89. The van der Waals surface area contributed by atoms with E-state index in [2.05, 4.69) is 25.4 Å². The smallest absolute Gasteiger partial charge is 0.408 e. The quantitative estimate of drug-likeness (QED) is 0.553. The number of nitrogen functional groups attached to an aromatic ring is 1. The molecule has 1 saturated heterocycles. The minimum absolute atomic E-state index is 0.162. The lowest BCUT2D eigenvalue weighted by Crippen LogP contribution is -2.50. The topological polar surface area (TPSA) is 127 Å². The number of amides is 2. The molecule has 0 radical (unpaired) electrons. The molecule has 2 amide bonds. The lowest BCUT2D eigenvalue weighted by Gasteiger charge is -2.35. The van der Waals surface area contributed by atoms with Crippen molar-refractivity contribution in [1.82, 2.24) is 29.6 Å². The number of hydrogen-bond acceptors (Lipinski definition) is 8. The van der Waals surface area contributed by atoms with Crippen LogP contribution < -0.4 is 20.7 Å². The molecule has 11 nitrogen and oxygen atoms in total. The van der Waals surface area contributed by atoms with Gasteiger partial charge in [-0.15, -0.1) is 0 Å². The predicted molar refractivity (Wildman–Crippen MR) is 116 cm³/mol. The standard InChI is InChI=1S/C20H22F3N9O2/c21-20(22,23)13-32-11-15(10-27-32)29-19(33)31-8-6-30(7-9-31)17-16(2-1-4-25-17)34-12-14-3-5-26-18(24)28-14/h1-5,10-11H,6-9,12-13H2,(H,29,33)(H2,24,26,28). The molecule has 3 aromatic rings. The van der Waals surface area contributed by atoms with Crippen LogP contribution in [0.15, 0.2) is 43.0 Å². The highest BCUT2D eigenvalue weighted by Gasteiger charge is 2.29. The fraction of sp³-hybridized carbons (Fsp3) is 0.350. The van der Waals surface area contributed by atoms with Gasteiger partial charge < -0.3 is 25.6 Å². The highest BCUT2D eigenvalue weighted by atomic mass is 19.4. The lowest BCUT2D eigenvalue weighted by atomic mass is 10.3. The summed E-state index contributed by atoms with van der Waals surface area (Å²) in [5.41, 5.74) is 6.42. The van der Waals surface area contributed by atoms with E-state index >= 15 is 0 Å². The van der Waals surface area contributed by atoms with Crippen LogP contribution >= 0.6 is 0 Å². The Bertz CT molecular complexity index is 1130. The molecule has 14 heteroatoms. The first kappa shape index (κ1) is 23.1. The molecule has 0 unspecified atom stereocenters. The molecule has 0 saturated carbocycles. The van der Waals surface area contributed by atoms with Gasteiger partial charge in [-0.25, -0.2) is 19.7 Å². The van der Waals surface area contributed by atoms with E-state index in [1.165, 1.54) is 6.20 Å². The second-order valence-electron chi connectivity index (χ2n) is 7.47. The maximum Gasteiger partial charge on any atom is 0.408 e. The molecule has 0 aliphatic carbocycles. The van der Waals surface area contributed by atoms with Crippen LogP contribution in [-0.2, 0) is 13.2 Å². The summed E-state index contributed by atoms with van der Waals surface area (Å²) in [7, 11) is 0. The van der Waals surface area contributed by atoms with Crippen molar-refractivity contribution in [1.29, 1.82) is 0 Å². The predicted octanol–water partition coefficient (Wildman–Crippen LogP) is 2.15. The Labute approximate surface area is 192 Å². The zero-order valence-electron chi connectivity index (χ0n) is 17.9. The van der Waals surface area contributed by atoms with Crippen LogP contribution in [0.25, 0.3) is 0 Å². The third kappa shape index (κ3) is 6.02. The average Bonchev–Trinajstić information content (AvgIpc) is 3.23. The maximum absolute atomic E-state index is 12.5. The van der Waals surface area contributed by atoms with Crippen LogP contribution in [0.2, 0.25) is 0 Å². The van der Waals surface area contributed by atoms with Crippen molar-refractivity contribution >= 4 is 23.5 Å². The van der Waals surface area contributed by atoms with Crippen molar-refractivity contribution in [2.75, 3.05) is 42.1 Å². The van der Waals surface area contributed by atoms with Gasteiger partial charge in [0.2, 0.25) is 5.95 Å². The number of carbonyl (C=O) groups excluding carboxylic acids is 1. The molecule has 1 fully saturated rings. The summed E-state index contributed by atoms with van der Waals surface area (Å²) in [5, 5.41) is 6.21. The molecule has 180 valence electrons. The van der Waals surface area contributed by atoms with Gasteiger partial charge in [0.1, 0.15) is 13.2 Å². The van der Waals surface area contributed by atoms with Gasteiger partial charge in [-0.1, -0.05) is 0 Å². The third-order valence-electron chi connectivity index (χ3n) is 4.95. The first-order chi connectivity index (χ1) is 16.3. The van der Waals surface area contributed by atoms with Crippen LogP contribution in [-0.4, -0.2) is 68.0 Å². The Morgan fingerprint density at radius 1 is 1.15 bits per heavy atom. The number of nitrogens with one attached hydrogen (secondary N) is 1. The minimum Gasteiger partial charge on any atom is -0.483 e. The van der Waals surface area contributed by atoms with E-state index < -0.39 is 18.8 Å². The highest BCUT2D eigenvalue weighted by Crippen LogP contribution is 2.27. The maximum atomic E-state index is 12.5. The van der Waals surface area contributed by atoms with Crippen molar-refractivity contribution in [2.45, 2.75) is 19.3 Å². The third-order valence-corrected chi connectivity index (χ3v) is 4.95. The van der Waals surface area contributed by atoms with E-state index in [1.807, 2.05) is 4.90 Å². The minimum atomic E-state index is -4.39. The Morgan fingerprint density at radius 3 is 2.68 bits per heavy atom. The van der Waals surface area contributed by atoms with E-state index in [9.17, 15) is 18.0 Å². The molecule has 4 rings (SSSR count). The summed E-state index contributed by atoms with van der Waals surface area (Å²) in [4.78, 5) is 28.5. The number of pyridine rings is 1. The molecule has 1 aliphatic heterocycles. The molecule has 0 spiro atoms. The van der Waals surface area contributed by atoms with Gasteiger partial charge in [0.15, 0.2) is 11.6 Å². The number of halogens is 3. The fourth-order valence-electron chi connectivity index (χ4n) is 3.40. The molecule has 0 bridgehead atoms. The first-order valence-electron chi connectivity index (χ1n) is 10.3. The summed E-state index contributed by atoms with van der Waals surface area (Å²) in [5.74, 6) is 1.36. The van der Waals surface area contributed by atoms with Gasteiger partial charge in [-0.2, -0.15) is 18.3 Å². The summed E-state index contributed by atoms with van der Waals surface area (Å²) >= 11 is 0. The van der Waals surface area contributed by atoms with Crippen molar-refractivity contribution < 1.29 is 22.7 Å². The number of carbonyl (C=O) groups is 1. The Kier molecular flexibility index (Phi) is 6.65. The van der Waals surface area contributed by atoms with E-state index in [4.69, 9.17) is 10.5 Å². The van der Waals surface area contributed by atoms with Crippen molar-refractivity contribution in [3.8, 4) is 5.75 Å². The number of urea groups is 1. The number of nitrogens with two attached hydrogens (primary N) is 1. The largest absolute Gasteiger partial charge is 0.483 e. The van der Waals surface area contributed by atoms with Crippen LogP contribution in [0.5, 0.6) is 5.75 Å². The van der Waals surface area contributed by atoms with Gasteiger partial charge >= 0.3 is 12.2 Å². The number of aromatic nitrogens is 5. The Morgan fingerprint density at radius 2 is 1.94 bits per heavy atom. The number of hydrogen-bond donors (Lipinski definition) is 2. The van der Waals surface area contributed by atoms with E-state index in [1.54, 1.807) is 35.5 Å². The number of piperazine rings is 1. The zero-order chi connectivity index (χ0) is 24.1. The van der Waals surface area contributed by atoms with Gasteiger partial charge in [-0.3, -0.25) is 4.68 Å². The van der Waals surface area contributed by atoms with Gasteiger partial charge in [0.05, 0.1) is 17.6 Å². The molecular weight excluding hydrogens is 455 g/mol. The number of nitrogens with zero attached hydrogens (tertiary/aromatic N) is 7. The van der Waals surface area contributed by atoms with Crippen LogP contribution in [0, 0.1) is 0 Å². The first-order valence-corrected chi connectivity index (χ1v) is 10.3. The summed E-state index contributed by atoms with van der Waals surface area (Å²) in [6.07, 6.45) is 1.15. The van der Waals surface area contributed by atoms with Crippen molar-refractivity contribution in [3.63, 3.8) is 0 Å². The van der Waals surface area contributed by atoms with E-state index in [0.29, 0.717) is 43.4 Å². The Hall–Kier alpha value is -4.10. The van der Waals surface area contributed by atoms with Gasteiger partial charge in [0.25, 0.3) is 0 Å². The van der Waals surface area contributed by atoms with Crippen molar-refractivity contribution in [2.24, 2.45) is 0 Å². The second kappa shape index (κ2) is 9.80. The average molecular weight is 477 g/mol. The number of alkyl halides is 3. The van der Waals surface area contributed by atoms with E-state index in [0.717, 1.165) is 10.9 Å². The monoisotopic (exact) mass is 477 g/mol. The normalized spacial score (nSPS) is 14.2. The lowest BCUT2D eigenvalue weighted by molar-refractivity contribution is -0.142. The molecule has 4 heterocycles. The van der Waals surface area contributed by atoms with Gasteiger partial charge in [-0.05, 0) is 18.2 Å². The second-order valence-corrected chi connectivity index (χ2v) is 7.47.